The zero-order valence-corrected chi connectivity index (χ0v) is 19.8. The van der Waals surface area contributed by atoms with E-state index in [0.717, 1.165) is 29.0 Å². The van der Waals surface area contributed by atoms with E-state index < -0.39 is 0 Å². The quantitative estimate of drug-likeness (QED) is 0.304. The number of nitrogens with zero attached hydrogens (tertiary/aromatic N) is 1. The van der Waals surface area contributed by atoms with Crippen molar-refractivity contribution < 1.29 is 4.79 Å². The summed E-state index contributed by atoms with van der Waals surface area (Å²) >= 11 is 0. The SMILES string of the molecule is CC(=O)c1cccc(NC(=NC2CCC(CC3CCC(N)CC3)CC2)NC2CCCC2)c1. The highest BCUT2D eigenvalue weighted by Gasteiger charge is 2.26. The maximum atomic E-state index is 11.8. The van der Waals surface area contributed by atoms with Crippen molar-refractivity contribution in [1.82, 2.24) is 5.32 Å². The number of rotatable bonds is 6. The van der Waals surface area contributed by atoms with Gasteiger partial charge in [-0.25, -0.2) is 4.99 Å². The van der Waals surface area contributed by atoms with Crippen LogP contribution >= 0.6 is 0 Å². The molecule has 5 nitrogen and oxygen atoms in total. The van der Waals surface area contributed by atoms with Crippen LogP contribution in [0.1, 0.15) is 101 Å². The van der Waals surface area contributed by atoms with Gasteiger partial charge in [-0.1, -0.05) is 25.0 Å². The fraction of sp³-hybridized carbons (Fsp3) is 0.704. The Morgan fingerprint density at radius 1 is 0.969 bits per heavy atom. The maximum absolute atomic E-state index is 11.8. The second kappa shape index (κ2) is 11.3. The number of hydrogen-bond acceptors (Lipinski definition) is 3. The lowest BCUT2D eigenvalue weighted by Gasteiger charge is -2.32. The summed E-state index contributed by atoms with van der Waals surface area (Å²) in [4.78, 5) is 16.9. The van der Waals surface area contributed by atoms with Gasteiger partial charge in [-0.05, 0) is 102 Å². The zero-order chi connectivity index (χ0) is 22.3. The van der Waals surface area contributed by atoms with Crippen LogP contribution in [0, 0.1) is 11.8 Å². The number of ketones is 1. The van der Waals surface area contributed by atoms with Gasteiger partial charge >= 0.3 is 0 Å². The average molecular weight is 439 g/mol. The molecule has 3 aliphatic carbocycles. The first-order chi connectivity index (χ1) is 15.5. The number of anilines is 1. The summed E-state index contributed by atoms with van der Waals surface area (Å²) in [6.45, 7) is 1.62. The Bertz CT molecular complexity index is 770. The molecule has 4 rings (SSSR count). The van der Waals surface area contributed by atoms with E-state index in [4.69, 9.17) is 10.7 Å². The lowest BCUT2D eigenvalue weighted by molar-refractivity contribution is 0.101. The predicted molar refractivity (Wildman–Crippen MR) is 133 cm³/mol. The van der Waals surface area contributed by atoms with Gasteiger partial charge in [0, 0.05) is 23.3 Å². The molecule has 32 heavy (non-hydrogen) atoms. The van der Waals surface area contributed by atoms with Crippen molar-refractivity contribution in [1.29, 1.82) is 0 Å². The number of Topliss-reactive ketones (excluding diaryl/α,β-unsaturated/α-hetero) is 1. The van der Waals surface area contributed by atoms with Crippen LogP contribution < -0.4 is 16.4 Å². The van der Waals surface area contributed by atoms with Crippen LogP contribution in [0.15, 0.2) is 29.3 Å². The van der Waals surface area contributed by atoms with Crippen LogP contribution in [0.3, 0.4) is 0 Å². The molecule has 0 aliphatic heterocycles. The smallest absolute Gasteiger partial charge is 0.196 e. The van der Waals surface area contributed by atoms with Crippen molar-refractivity contribution in [2.75, 3.05) is 5.32 Å². The molecule has 0 spiro atoms. The predicted octanol–water partition coefficient (Wildman–Crippen LogP) is 5.66. The first-order valence-corrected chi connectivity index (χ1v) is 13.0. The number of nitrogens with one attached hydrogen (secondary N) is 2. The number of aliphatic imine (C=N–C) groups is 1. The summed E-state index contributed by atoms with van der Waals surface area (Å²) in [5.74, 6) is 2.75. The minimum atomic E-state index is 0.0918. The molecule has 0 radical (unpaired) electrons. The summed E-state index contributed by atoms with van der Waals surface area (Å²) < 4.78 is 0. The van der Waals surface area contributed by atoms with Crippen LogP contribution in [-0.2, 0) is 0 Å². The lowest BCUT2D eigenvalue weighted by atomic mass is 9.76. The molecule has 0 amide bonds. The van der Waals surface area contributed by atoms with E-state index in [1.54, 1.807) is 6.92 Å². The Labute approximate surface area is 194 Å². The third kappa shape index (κ3) is 6.81. The Hall–Kier alpha value is -1.88. The molecule has 0 aromatic heterocycles. The summed E-state index contributed by atoms with van der Waals surface area (Å²) in [6.07, 6.45) is 16.5. The summed E-state index contributed by atoms with van der Waals surface area (Å²) in [6, 6.07) is 9.10. The second-order valence-corrected chi connectivity index (χ2v) is 10.6. The molecule has 0 unspecified atom stereocenters. The molecule has 1 aromatic rings. The van der Waals surface area contributed by atoms with Crippen LogP contribution in [0.4, 0.5) is 5.69 Å². The largest absolute Gasteiger partial charge is 0.353 e. The van der Waals surface area contributed by atoms with E-state index in [-0.39, 0.29) is 5.78 Å². The van der Waals surface area contributed by atoms with Crippen LogP contribution in [0.5, 0.6) is 0 Å². The molecule has 5 heteroatoms. The van der Waals surface area contributed by atoms with Crippen molar-refractivity contribution in [2.45, 2.75) is 109 Å². The van der Waals surface area contributed by atoms with Gasteiger partial charge in [0.05, 0.1) is 6.04 Å². The number of benzene rings is 1. The third-order valence-corrected chi connectivity index (χ3v) is 7.91. The van der Waals surface area contributed by atoms with Crippen molar-refractivity contribution in [2.24, 2.45) is 22.6 Å². The van der Waals surface area contributed by atoms with E-state index in [1.165, 1.54) is 83.5 Å². The van der Waals surface area contributed by atoms with Crippen LogP contribution in [-0.4, -0.2) is 29.9 Å². The van der Waals surface area contributed by atoms with Gasteiger partial charge in [0.25, 0.3) is 0 Å². The van der Waals surface area contributed by atoms with Gasteiger partial charge in [-0.15, -0.1) is 0 Å². The van der Waals surface area contributed by atoms with E-state index in [0.29, 0.717) is 18.1 Å². The van der Waals surface area contributed by atoms with E-state index in [1.807, 2.05) is 24.3 Å². The van der Waals surface area contributed by atoms with Gasteiger partial charge in [-0.2, -0.15) is 0 Å². The summed E-state index contributed by atoms with van der Waals surface area (Å²) in [7, 11) is 0. The molecule has 0 heterocycles. The lowest BCUT2D eigenvalue weighted by Crippen LogP contribution is -2.39. The first kappa shape index (κ1) is 23.3. The Morgan fingerprint density at radius 2 is 1.62 bits per heavy atom. The molecular formula is C27H42N4O. The fourth-order valence-electron chi connectivity index (χ4n) is 5.91. The number of guanidine groups is 1. The Balaban J connectivity index is 1.35. The molecule has 3 saturated carbocycles. The standard InChI is InChI=1S/C27H42N4O/c1-19(32)22-5-4-8-26(18-22)31-27(29-24-6-2-3-7-24)30-25-15-11-21(12-16-25)17-20-9-13-23(28)14-10-20/h4-5,8,18,20-21,23-25H,2-3,6-7,9-17,28H2,1H3,(H2,29,30,31). The van der Waals surface area contributed by atoms with Crippen molar-refractivity contribution in [3.8, 4) is 0 Å². The third-order valence-electron chi connectivity index (χ3n) is 7.91. The highest BCUT2D eigenvalue weighted by molar-refractivity contribution is 5.98. The summed E-state index contributed by atoms with van der Waals surface area (Å²) in [5, 5.41) is 7.19. The first-order valence-electron chi connectivity index (χ1n) is 13.0. The van der Waals surface area contributed by atoms with Gasteiger partial charge in [0.1, 0.15) is 0 Å². The van der Waals surface area contributed by atoms with Gasteiger partial charge in [0.2, 0.25) is 0 Å². The van der Waals surface area contributed by atoms with Crippen molar-refractivity contribution >= 4 is 17.4 Å². The van der Waals surface area contributed by atoms with Crippen LogP contribution in [0.2, 0.25) is 0 Å². The molecule has 0 saturated heterocycles. The summed E-state index contributed by atoms with van der Waals surface area (Å²) in [5.41, 5.74) is 7.76. The number of carbonyl (C=O) groups is 1. The molecule has 3 aliphatic rings. The highest BCUT2D eigenvalue weighted by atomic mass is 16.1. The highest BCUT2D eigenvalue weighted by Crippen LogP contribution is 2.35. The molecule has 1 aromatic carbocycles. The van der Waals surface area contributed by atoms with Crippen molar-refractivity contribution in [3.05, 3.63) is 29.8 Å². The zero-order valence-electron chi connectivity index (χ0n) is 19.8. The van der Waals surface area contributed by atoms with E-state index in [9.17, 15) is 4.79 Å². The van der Waals surface area contributed by atoms with E-state index in [2.05, 4.69) is 10.6 Å². The minimum Gasteiger partial charge on any atom is -0.353 e. The van der Waals surface area contributed by atoms with Crippen molar-refractivity contribution in [3.63, 3.8) is 0 Å². The minimum absolute atomic E-state index is 0.0918. The van der Waals surface area contributed by atoms with Crippen LogP contribution in [0.25, 0.3) is 0 Å². The fourth-order valence-corrected chi connectivity index (χ4v) is 5.91. The normalized spacial score (nSPS) is 29.6. The second-order valence-electron chi connectivity index (χ2n) is 10.6. The average Bonchev–Trinajstić information content (AvgIpc) is 3.30. The molecule has 3 fully saturated rings. The molecule has 0 atom stereocenters. The van der Waals surface area contributed by atoms with Gasteiger partial charge in [0.15, 0.2) is 11.7 Å². The Kier molecular flexibility index (Phi) is 8.23. The molecular weight excluding hydrogens is 396 g/mol. The number of carbonyl (C=O) groups excluding carboxylic acids is 1. The topological polar surface area (TPSA) is 79.5 Å². The monoisotopic (exact) mass is 438 g/mol. The number of nitrogens with two attached hydrogens (primary N) is 1. The van der Waals surface area contributed by atoms with E-state index >= 15 is 0 Å². The van der Waals surface area contributed by atoms with Gasteiger partial charge < -0.3 is 16.4 Å². The Morgan fingerprint density at radius 3 is 2.28 bits per heavy atom. The van der Waals surface area contributed by atoms with Gasteiger partial charge in [-0.3, -0.25) is 4.79 Å². The molecule has 176 valence electrons. The maximum Gasteiger partial charge on any atom is 0.196 e. The molecule has 4 N–H and O–H groups in total. The number of hydrogen-bond donors (Lipinski definition) is 3. The molecule has 0 bridgehead atoms.